The maximum absolute atomic E-state index is 13.4. The Morgan fingerprint density at radius 3 is 2.26 bits per heavy atom. The van der Waals surface area contributed by atoms with Gasteiger partial charge >= 0.3 is 5.97 Å². The van der Waals surface area contributed by atoms with Gasteiger partial charge in [-0.15, -0.1) is 0 Å². The first-order valence-electron chi connectivity index (χ1n) is 10.8. The number of hydrogen-bond acceptors (Lipinski definition) is 5. The first-order chi connectivity index (χ1) is 16.5. The number of anilines is 1. The van der Waals surface area contributed by atoms with E-state index in [0.717, 1.165) is 11.1 Å². The van der Waals surface area contributed by atoms with Crippen molar-refractivity contribution in [1.29, 1.82) is 0 Å². The number of halogens is 1. The average Bonchev–Trinajstić information content (AvgIpc) is 3.26. The predicted octanol–water partition coefficient (Wildman–Crippen LogP) is 5.77. The molecule has 4 rings (SSSR count). The molecule has 0 spiro atoms. The smallest absolute Gasteiger partial charge is 0.340 e. The number of benzene rings is 3. The Labute approximate surface area is 202 Å². The van der Waals surface area contributed by atoms with Crippen molar-refractivity contribution in [3.63, 3.8) is 0 Å². The van der Waals surface area contributed by atoms with Gasteiger partial charge in [0.15, 0.2) is 0 Å². The molecule has 0 aliphatic heterocycles. The summed E-state index contributed by atoms with van der Waals surface area (Å²) in [6.45, 7) is 2.16. The molecule has 172 valence electrons. The van der Waals surface area contributed by atoms with Gasteiger partial charge in [0.1, 0.15) is 12.4 Å². The number of hydrogen-bond donors (Lipinski definition) is 0. The van der Waals surface area contributed by atoms with Crippen molar-refractivity contribution < 1.29 is 18.8 Å². The van der Waals surface area contributed by atoms with E-state index in [2.05, 4.69) is 5.16 Å². The Bertz CT molecular complexity index is 1270. The Morgan fingerprint density at radius 1 is 0.941 bits per heavy atom. The molecule has 0 saturated heterocycles. The number of carbonyl (C=O) groups is 2. The summed E-state index contributed by atoms with van der Waals surface area (Å²) < 4.78 is 10.8. The van der Waals surface area contributed by atoms with Gasteiger partial charge in [0.2, 0.25) is 5.91 Å². The molecule has 7 heteroatoms. The summed E-state index contributed by atoms with van der Waals surface area (Å²) in [6.07, 6.45) is -0.00516. The highest BCUT2D eigenvalue weighted by molar-refractivity contribution is 6.31. The number of rotatable bonds is 8. The Morgan fingerprint density at radius 2 is 1.62 bits per heavy atom. The second-order valence-corrected chi connectivity index (χ2v) is 8.24. The van der Waals surface area contributed by atoms with Gasteiger partial charge in [-0.05, 0) is 36.2 Å². The van der Waals surface area contributed by atoms with Crippen molar-refractivity contribution in [3.8, 4) is 0 Å². The zero-order chi connectivity index (χ0) is 23.9. The van der Waals surface area contributed by atoms with Crippen molar-refractivity contribution in [2.45, 2.75) is 26.5 Å². The zero-order valence-electron chi connectivity index (χ0n) is 18.6. The monoisotopic (exact) mass is 474 g/mol. The van der Waals surface area contributed by atoms with E-state index >= 15 is 0 Å². The van der Waals surface area contributed by atoms with Crippen LogP contribution < -0.4 is 4.90 Å². The lowest BCUT2D eigenvalue weighted by atomic mass is 10.1. The largest absolute Gasteiger partial charge is 0.457 e. The Balaban J connectivity index is 1.65. The van der Waals surface area contributed by atoms with Gasteiger partial charge in [0.25, 0.3) is 0 Å². The quantitative estimate of drug-likeness (QED) is 0.303. The summed E-state index contributed by atoms with van der Waals surface area (Å²) in [5, 5.41) is 4.23. The molecule has 1 amide bonds. The molecular formula is C27H23ClN2O4. The molecular weight excluding hydrogens is 452 g/mol. The highest BCUT2D eigenvalue weighted by atomic mass is 35.5. The van der Waals surface area contributed by atoms with Crippen LogP contribution in [-0.4, -0.2) is 17.0 Å². The average molecular weight is 475 g/mol. The minimum atomic E-state index is -0.567. The van der Waals surface area contributed by atoms with Gasteiger partial charge < -0.3 is 14.2 Å². The van der Waals surface area contributed by atoms with E-state index in [9.17, 15) is 9.59 Å². The molecule has 0 aliphatic rings. The zero-order valence-corrected chi connectivity index (χ0v) is 19.4. The van der Waals surface area contributed by atoms with E-state index in [1.165, 1.54) is 6.07 Å². The van der Waals surface area contributed by atoms with Gasteiger partial charge in [-0.1, -0.05) is 77.4 Å². The number of nitrogens with zero attached hydrogens (tertiary/aromatic N) is 2. The first kappa shape index (κ1) is 23.3. The molecule has 34 heavy (non-hydrogen) atoms. The lowest BCUT2D eigenvalue weighted by Gasteiger charge is -2.25. The normalized spacial score (nSPS) is 10.6. The minimum absolute atomic E-state index is 0.00516. The fourth-order valence-corrected chi connectivity index (χ4v) is 3.70. The molecule has 4 aromatic rings. The van der Waals surface area contributed by atoms with Crippen LogP contribution in [0.2, 0.25) is 5.02 Å². The van der Waals surface area contributed by atoms with E-state index in [1.54, 1.807) is 30.0 Å². The number of amides is 1. The van der Waals surface area contributed by atoms with Crippen LogP contribution in [-0.2, 0) is 29.1 Å². The fraction of sp³-hybridized carbons (Fsp3) is 0.148. The lowest BCUT2D eigenvalue weighted by Crippen LogP contribution is -2.33. The van der Waals surface area contributed by atoms with E-state index in [1.807, 2.05) is 60.7 Å². The number of aromatic nitrogens is 1. The fourth-order valence-electron chi connectivity index (χ4n) is 3.53. The summed E-state index contributed by atoms with van der Waals surface area (Å²) in [4.78, 5) is 28.0. The number of aryl methyl sites for hydroxylation is 1. The van der Waals surface area contributed by atoms with Gasteiger partial charge in [-0.2, -0.15) is 0 Å². The van der Waals surface area contributed by atoms with Crippen LogP contribution in [0.15, 0.2) is 89.5 Å². The lowest BCUT2D eigenvalue weighted by molar-refractivity contribution is -0.118. The highest BCUT2D eigenvalue weighted by Crippen LogP contribution is 2.28. The molecule has 0 aliphatic carbocycles. The second kappa shape index (κ2) is 10.8. The second-order valence-electron chi connectivity index (χ2n) is 7.80. The first-order valence-corrected chi connectivity index (χ1v) is 11.1. The molecule has 1 aromatic heterocycles. The SMILES string of the molecule is Cc1cc(CC(=O)N(Cc2ccccc2)c2ccc(Cl)cc2C(=O)OCc2ccccc2)on1. The van der Waals surface area contributed by atoms with E-state index in [-0.39, 0.29) is 31.0 Å². The maximum Gasteiger partial charge on any atom is 0.340 e. The minimum Gasteiger partial charge on any atom is -0.457 e. The summed E-state index contributed by atoms with van der Waals surface area (Å²) in [5.41, 5.74) is 3.07. The number of carbonyl (C=O) groups excluding carboxylic acids is 2. The van der Waals surface area contributed by atoms with Crippen LogP contribution in [0.3, 0.4) is 0 Å². The summed E-state index contributed by atoms with van der Waals surface area (Å²) in [6, 6.07) is 25.5. The van der Waals surface area contributed by atoms with Crippen molar-refractivity contribution in [2.75, 3.05) is 4.90 Å². The Kier molecular flexibility index (Phi) is 7.40. The third kappa shape index (κ3) is 5.91. The van der Waals surface area contributed by atoms with Gasteiger partial charge in [0.05, 0.1) is 29.9 Å². The molecule has 1 heterocycles. The van der Waals surface area contributed by atoms with Gasteiger partial charge in [-0.25, -0.2) is 4.79 Å². The molecule has 0 saturated carbocycles. The van der Waals surface area contributed by atoms with Gasteiger partial charge in [0, 0.05) is 11.1 Å². The summed E-state index contributed by atoms with van der Waals surface area (Å²) in [5.74, 6) is -0.370. The van der Waals surface area contributed by atoms with E-state index < -0.39 is 5.97 Å². The maximum atomic E-state index is 13.4. The van der Waals surface area contributed by atoms with Crippen LogP contribution in [0.5, 0.6) is 0 Å². The van der Waals surface area contributed by atoms with Crippen molar-refractivity contribution in [1.82, 2.24) is 5.16 Å². The molecule has 0 bridgehead atoms. The number of esters is 1. The van der Waals surface area contributed by atoms with E-state index in [4.69, 9.17) is 20.9 Å². The summed E-state index contributed by atoms with van der Waals surface area (Å²) >= 11 is 6.22. The number of ether oxygens (including phenoxy) is 1. The van der Waals surface area contributed by atoms with Crippen molar-refractivity contribution in [2.24, 2.45) is 0 Å². The third-order valence-electron chi connectivity index (χ3n) is 5.17. The predicted molar refractivity (Wildman–Crippen MR) is 130 cm³/mol. The van der Waals surface area contributed by atoms with Crippen LogP contribution >= 0.6 is 11.6 Å². The van der Waals surface area contributed by atoms with Crippen molar-refractivity contribution >= 4 is 29.2 Å². The molecule has 0 N–H and O–H groups in total. The summed E-state index contributed by atoms with van der Waals surface area (Å²) in [7, 11) is 0. The topological polar surface area (TPSA) is 72.6 Å². The molecule has 3 aromatic carbocycles. The van der Waals surface area contributed by atoms with Crippen LogP contribution in [0.1, 0.15) is 32.9 Å². The van der Waals surface area contributed by atoms with Gasteiger partial charge in [-0.3, -0.25) is 4.79 Å². The molecule has 0 radical (unpaired) electrons. The van der Waals surface area contributed by atoms with Crippen molar-refractivity contribution in [3.05, 3.63) is 118 Å². The molecule has 6 nitrogen and oxygen atoms in total. The Hall–Kier alpha value is -3.90. The third-order valence-corrected chi connectivity index (χ3v) is 5.40. The molecule has 0 fully saturated rings. The standard InChI is InChI=1S/C27H23ClN2O4/c1-19-14-23(34-29-19)16-26(31)30(17-20-8-4-2-5-9-20)25-13-12-22(28)15-24(25)27(32)33-18-21-10-6-3-7-11-21/h2-15H,16-18H2,1H3. The van der Waals surface area contributed by atoms with Crippen LogP contribution in [0.4, 0.5) is 5.69 Å². The molecule has 0 atom stereocenters. The molecule has 0 unspecified atom stereocenters. The highest BCUT2D eigenvalue weighted by Gasteiger charge is 2.25. The van der Waals surface area contributed by atoms with E-state index in [0.29, 0.717) is 22.2 Å². The van der Waals surface area contributed by atoms with Crippen LogP contribution in [0.25, 0.3) is 0 Å². The van der Waals surface area contributed by atoms with Crippen LogP contribution in [0, 0.1) is 6.92 Å².